The normalized spacial score (nSPS) is 11.1. The zero-order valence-electron chi connectivity index (χ0n) is 14.6. The number of hydrogen-bond donors (Lipinski definition) is 2. The number of guanidine groups is 1. The summed E-state index contributed by atoms with van der Waals surface area (Å²) in [7, 11) is 0. The molecule has 0 amide bonds. The Labute approximate surface area is 170 Å². The lowest BCUT2D eigenvalue weighted by Crippen LogP contribution is -2.38. The highest BCUT2D eigenvalue weighted by Gasteiger charge is 2.08. The van der Waals surface area contributed by atoms with Gasteiger partial charge in [-0.05, 0) is 37.6 Å². The minimum absolute atomic E-state index is 0. The molecule has 0 spiro atoms. The predicted molar refractivity (Wildman–Crippen MR) is 113 cm³/mol. The Morgan fingerprint density at radius 3 is 2.64 bits per heavy atom. The van der Waals surface area contributed by atoms with Gasteiger partial charge in [-0.2, -0.15) is 4.98 Å². The molecule has 1 aromatic heterocycles. The van der Waals surface area contributed by atoms with Crippen LogP contribution in [0, 0.1) is 0 Å². The lowest BCUT2D eigenvalue weighted by Gasteiger charge is -2.09. The molecule has 0 aliphatic heterocycles. The first kappa shape index (κ1) is 21.7. The fourth-order valence-electron chi connectivity index (χ4n) is 2.05. The number of unbranched alkanes of at least 4 members (excludes halogenated alkanes) is 1. The zero-order chi connectivity index (χ0) is 17.2. The Morgan fingerprint density at radius 2 is 1.96 bits per heavy atom. The third-order valence-corrected chi connectivity index (χ3v) is 3.58. The van der Waals surface area contributed by atoms with Gasteiger partial charge in [-0.3, -0.25) is 4.99 Å². The standard InChI is InChI=1S/C17H24ClN5O.HI/c1-3-5-11-20-17(19-4-2)21-12-10-15-22-16(23-24-15)13-6-8-14(18)9-7-13;/h6-9H,3-5,10-12H2,1-2H3,(H2,19,20,21);1H. The van der Waals surface area contributed by atoms with E-state index in [1.165, 1.54) is 0 Å². The van der Waals surface area contributed by atoms with E-state index in [1.807, 2.05) is 31.2 Å². The van der Waals surface area contributed by atoms with Gasteiger partial charge in [-0.15, -0.1) is 24.0 Å². The first-order valence-corrected chi connectivity index (χ1v) is 8.71. The highest BCUT2D eigenvalue weighted by molar-refractivity contribution is 14.0. The van der Waals surface area contributed by atoms with E-state index >= 15 is 0 Å². The quantitative estimate of drug-likeness (QED) is 0.261. The van der Waals surface area contributed by atoms with Crippen LogP contribution in [0.3, 0.4) is 0 Å². The minimum Gasteiger partial charge on any atom is -0.357 e. The molecule has 0 fully saturated rings. The second-order valence-electron chi connectivity index (χ2n) is 5.31. The van der Waals surface area contributed by atoms with Crippen LogP contribution < -0.4 is 10.6 Å². The SMILES string of the molecule is CCCCN=C(NCC)NCCc1nc(-c2ccc(Cl)cc2)no1.I. The van der Waals surface area contributed by atoms with E-state index in [2.05, 4.69) is 32.7 Å². The number of nitrogens with one attached hydrogen (secondary N) is 2. The molecule has 2 N–H and O–H groups in total. The smallest absolute Gasteiger partial charge is 0.228 e. The molecule has 0 unspecified atom stereocenters. The molecule has 0 saturated heterocycles. The van der Waals surface area contributed by atoms with Crippen molar-refractivity contribution in [2.24, 2.45) is 4.99 Å². The van der Waals surface area contributed by atoms with Crippen molar-refractivity contribution in [1.29, 1.82) is 0 Å². The van der Waals surface area contributed by atoms with Gasteiger partial charge in [0.2, 0.25) is 11.7 Å². The maximum Gasteiger partial charge on any atom is 0.228 e. The third-order valence-electron chi connectivity index (χ3n) is 3.33. The molecule has 0 saturated carbocycles. The van der Waals surface area contributed by atoms with E-state index < -0.39 is 0 Å². The third kappa shape index (κ3) is 7.60. The van der Waals surface area contributed by atoms with Gasteiger partial charge in [0.05, 0.1) is 0 Å². The van der Waals surface area contributed by atoms with Crippen LogP contribution in [0.1, 0.15) is 32.6 Å². The highest BCUT2D eigenvalue weighted by atomic mass is 127. The summed E-state index contributed by atoms with van der Waals surface area (Å²) in [5, 5.41) is 11.2. The Balaban J connectivity index is 0.00000312. The summed E-state index contributed by atoms with van der Waals surface area (Å²) < 4.78 is 5.30. The van der Waals surface area contributed by atoms with E-state index in [1.54, 1.807) is 0 Å². The van der Waals surface area contributed by atoms with Crippen molar-refractivity contribution in [3.05, 3.63) is 35.2 Å². The highest BCUT2D eigenvalue weighted by Crippen LogP contribution is 2.18. The van der Waals surface area contributed by atoms with Gasteiger partial charge in [0, 0.05) is 36.6 Å². The Hall–Kier alpha value is -1.35. The molecule has 0 atom stereocenters. The summed E-state index contributed by atoms with van der Waals surface area (Å²) >= 11 is 5.88. The van der Waals surface area contributed by atoms with Crippen molar-refractivity contribution in [3.63, 3.8) is 0 Å². The van der Waals surface area contributed by atoms with Crippen molar-refractivity contribution >= 4 is 41.5 Å². The molecule has 0 aliphatic carbocycles. The molecule has 0 aliphatic rings. The fraction of sp³-hybridized carbons (Fsp3) is 0.471. The number of halogens is 2. The van der Waals surface area contributed by atoms with Crippen LogP contribution in [0.15, 0.2) is 33.8 Å². The maximum atomic E-state index is 5.88. The van der Waals surface area contributed by atoms with Gasteiger partial charge in [0.25, 0.3) is 0 Å². The molecule has 0 bridgehead atoms. The average Bonchev–Trinajstić information content (AvgIpc) is 3.04. The molecule has 25 heavy (non-hydrogen) atoms. The summed E-state index contributed by atoms with van der Waals surface area (Å²) in [6, 6.07) is 7.37. The van der Waals surface area contributed by atoms with Crippen molar-refractivity contribution in [2.75, 3.05) is 19.6 Å². The van der Waals surface area contributed by atoms with Crippen LogP contribution in [0.25, 0.3) is 11.4 Å². The van der Waals surface area contributed by atoms with Gasteiger partial charge < -0.3 is 15.2 Å². The molecule has 2 aromatic rings. The maximum absolute atomic E-state index is 5.88. The van der Waals surface area contributed by atoms with Gasteiger partial charge in [-0.25, -0.2) is 0 Å². The molecule has 138 valence electrons. The van der Waals surface area contributed by atoms with Crippen molar-refractivity contribution in [1.82, 2.24) is 20.8 Å². The van der Waals surface area contributed by atoms with Crippen LogP contribution in [0.4, 0.5) is 0 Å². The number of rotatable bonds is 8. The van der Waals surface area contributed by atoms with E-state index in [4.69, 9.17) is 16.1 Å². The minimum atomic E-state index is 0. The summed E-state index contributed by atoms with van der Waals surface area (Å²) in [6.45, 7) is 6.55. The molecule has 1 aromatic carbocycles. The molecular formula is C17H25ClIN5O. The zero-order valence-corrected chi connectivity index (χ0v) is 17.7. The summed E-state index contributed by atoms with van der Waals surface area (Å²) in [5.41, 5.74) is 0.886. The monoisotopic (exact) mass is 477 g/mol. The summed E-state index contributed by atoms with van der Waals surface area (Å²) in [6.07, 6.45) is 2.86. The number of aliphatic imine (C=N–C) groups is 1. The number of nitrogens with zero attached hydrogens (tertiary/aromatic N) is 3. The summed E-state index contributed by atoms with van der Waals surface area (Å²) in [4.78, 5) is 8.92. The Kier molecular flexibility index (Phi) is 10.5. The molecule has 6 nitrogen and oxygen atoms in total. The first-order chi connectivity index (χ1) is 11.7. The lowest BCUT2D eigenvalue weighted by atomic mass is 10.2. The van der Waals surface area contributed by atoms with Gasteiger partial charge in [-0.1, -0.05) is 30.1 Å². The first-order valence-electron chi connectivity index (χ1n) is 8.33. The van der Waals surface area contributed by atoms with Crippen LogP contribution >= 0.6 is 35.6 Å². The van der Waals surface area contributed by atoms with E-state index in [9.17, 15) is 0 Å². The largest absolute Gasteiger partial charge is 0.357 e. The average molecular weight is 478 g/mol. The van der Waals surface area contributed by atoms with Crippen molar-refractivity contribution in [2.45, 2.75) is 33.1 Å². The van der Waals surface area contributed by atoms with Crippen LogP contribution in [-0.2, 0) is 6.42 Å². The van der Waals surface area contributed by atoms with Crippen molar-refractivity contribution < 1.29 is 4.52 Å². The van der Waals surface area contributed by atoms with Crippen molar-refractivity contribution in [3.8, 4) is 11.4 Å². The second-order valence-corrected chi connectivity index (χ2v) is 5.75. The number of benzene rings is 1. The fourth-order valence-corrected chi connectivity index (χ4v) is 2.18. The molecular weight excluding hydrogens is 453 g/mol. The molecule has 2 rings (SSSR count). The van der Waals surface area contributed by atoms with E-state index in [-0.39, 0.29) is 24.0 Å². The second kappa shape index (κ2) is 12.1. The van der Waals surface area contributed by atoms with Crippen LogP contribution in [0.2, 0.25) is 5.02 Å². The lowest BCUT2D eigenvalue weighted by molar-refractivity contribution is 0.378. The number of hydrogen-bond acceptors (Lipinski definition) is 4. The number of aromatic nitrogens is 2. The Bertz CT molecular complexity index is 645. The topological polar surface area (TPSA) is 75.3 Å². The predicted octanol–water partition coefficient (Wildman–Crippen LogP) is 3.91. The molecule has 0 radical (unpaired) electrons. The van der Waals surface area contributed by atoms with Crippen LogP contribution in [0.5, 0.6) is 0 Å². The van der Waals surface area contributed by atoms with Gasteiger partial charge >= 0.3 is 0 Å². The molecule has 1 heterocycles. The molecule has 8 heteroatoms. The van der Waals surface area contributed by atoms with Crippen LogP contribution in [-0.4, -0.2) is 35.7 Å². The van der Waals surface area contributed by atoms with Gasteiger partial charge in [0.1, 0.15) is 0 Å². The Morgan fingerprint density at radius 1 is 1.20 bits per heavy atom. The van der Waals surface area contributed by atoms with Gasteiger partial charge in [0.15, 0.2) is 5.96 Å². The summed E-state index contributed by atoms with van der Waals surface area (Å²) in [5.74, 6) is 1.99. The van der Waals surface area contributed by atoms with E-state index in [0.717, 1.165) is 37.5 Å². The van der Waals surface area contributed by atoms with E-state index in [0.29, 0.717) is 29.7 Å².